The summed E-state index contributed by atoms with van der Waals surface area (Å²) in [6.45, 7) is 0.917. The summed E-state index contributed by atoms with van der Waals surface area (Å²) in [6, 6.07) is 14.5. The van der Waals surface area contributed by atoms with Crippen LogP contribution in [0.5, 0.6) is 0 Å². The van der Waals surface area contributed by atoms with E-state index in [-0.39, 0.29) is 0 Å². The lowest BCUT2D eigenvalue weighted by molar-refractivity contribution is -0.688. The molecule has 1 aromatic heterocycles. The molecule has 0 aliphatic heterocycles. The van der Waals surface area contributed by atoms with Crippen LogP contribution >= 0.6 is 15.9 Å². The maximum Gasteiger partial charge on any atom is 0.200 e. The second kappa shape index (κ2) is 16.6. The molecule has 6 rings (SSSR count). The summed E-state index contributed by atoms with van der Waals surface area (Å²) in [5.41, 5.74) is -13.0. The van der Waals surface area contributed by atoms with Crippen LogP contribution in [0.25, 0.3) is 0 Å². The fourth-order valence-electron chi connectivity index (χ4n) is 6.26. The number of hydrogen-bond donors (Lipinski definition) is 0. The second-order valence-corrected chi connectivity index (χ2v) is 12.9. The van der Waals surface area contributed by atoms with Crippen molar-refractivity contribution in [3.63, 3.8) is 0 Å². The van der Waals surface area contributed by atoms with Gasteiger partial charge in [-0.15, -0.1) is 21.9 Å². The molecule has 0 radical (unpaired) electrons. The monoisotopic (exact) mass is 927 g/mol. The van der Waals surface area contributed by atoms with Gasteiger partial charge in [0.2, 0.25) is 0 Å². The molecule has 0 bridgehead atoms. The second-order valence-electron chi connectivity index (χ2n) is 12.0. The maximum atomic E-state index is 15.4. The van der Waals surface area contributed by atoms with Crippen molar-refractivity contribution in [1.82, 2.24) is 0 Å². The van der Waals surface area contributed by atoms with Gasteiger partial charge in [0.15, 0.2) is 88.7 Å². The van der Waals surface area contributed by atoms with Crippen molar-refractivity contribution in [3.05, 3.63) is 181 Å². The Hall–Kier alpha value is -5.61. The highest BCUT2D eigenvalue weighted by atomic mass is 79.9. The lowest BCUT2D eigenvalue weighted by atomic mass is 9.12. The zero-order valence-corrected chi connectivity index (χ0v) is 29.5. The van der Waals surface area contributed by atoms with E-state index in [4.69, 9.17) is 0 Å². The molecular weight excluding hydrogens is 917 g/mol. The lowest BCUT2D eigenvalue weighted by Crippen LogP contribution is -2.81. The maximum absolute atomic E-state index is 15.4. The topological polar surface area (TPSA) is 3.88 Å². The first kappa shape index (κ1) is 44.5. The quantitative estimate of drug-likeness (QED) is 0.0519. The zero-order chi connectivity index (χ0) is 44.2. The number of benzene rings is 5. The third-order valence-electron chi connectivity index (χ3n) is 8.74. The van der Waals surface area contributed by atoms with Gasteiger partial charge in [-0.2, -0.15) is 0 Å². The zero-order valence-electron chi connectivity index (χ0n) is 27.9. The van der Waals surface area contributed by atoms with Gasteiger partial charge in [0, 0.05) is 22.2 Å². The fourth-order valence-corrected chi connectivity index (χ4v) is 6.71. The molecule has 0 N–H and O–H groups in total. The highest BCUT2D eigenvalue weighted by Crippen LogP contribution is 2.30. The van der Waals surface area contributed by atoms with Crippen LogP contribution in [-0.2, 0) is 6.54 Å². The van der Waals surface area contributed by atoms with E-state index in [9.17, 15) is 52.7 Å². The smallest absolute Gasteiger partial charge is 0.200 e. The highest BCUT2D eigenvalue weighted by Gasteiger charge is 2.52. The molecular formula is C36H11BBrF20N. The van der Waals surface area contributed by atoms with E-state index in [0.717, 1.165) is 11.0 Å². The van der Waals surface area contributed by atoms with E-state index in [0.29, 0.717) is 0 Å². The van der Waals surface area contributed by atoms with Gasteiger partial charge in [-0.05, 0) is 12.1 Å². The molecule has 1 nitrogen and oxygen atoms in total. The molecule has 0 unspecified atom stereocenters. The summed E-state index contributed by atoms with van der Waals surface area (Å²) in [6.07, 6.45) is -3.08. The standard InChI is InChI=1S/C24BF20.C12H11BrN/c26-5-1(6(27)14(35)21(42)13(5)34)25(2-7(28)15(36)22(43)16(37)8(2)29,3-9(30)17(38)23(44)18(39)10(3)31)4-11(32)19(40)24(45)20(41)12(4)33;13-12-6-4-5-11(9-12)10-14-7-2-1-3-8-14/h;1-9H,10H2/q-1;+1. The van der Waals surface area contributed by atoms with Crippen molar-refractivity contribution in [1.29, 1.82) is 0 Å². The van der Waals surface area contributed by atoms with Crippen molar-refractivity contribution < 1.29 is 92.4 Å². The van der Waals surface area contributed by atoms with Crippen LogP contribution in [0.15, 0.2) is 59.3 Å². The van der Waals surface area contributed by atoms with Crippen LogP contribution in [-0.4, -0.2) is 6.15 Å². The van der Waals surface area contributed by atoms with Gasteiger partial charge >= 0.3 is 0 Å². The van der Waals surface area contributed by atoms with Gasteiger partial charge in [0.25, 0.3) is 0 Å². The molecule has 5 aromatic carbocycles. The predicted octanol–water partition coefficient (Wildman–Crippen LogP) is 8.63. The van der Waals surface area contributed by atoms with Crippen LogP contribution in [0.4, 0.5) is 87.8 Å². The van der Waals surface area contributed by atoms with E-state index in [1.165, 1.54) is 5.56 Å². The summed E-state index contributed by atoms with van der Waals surface area (Å²) in [5, 5.41) is 0. The van der Waals surface area contributed by atoms with E-state index >= 15 is 35.1 Å². The SMILES string of the molecule is Brc1cccc(C[n+]2ccccc2)c1.Fc1c(F)c(F)c([B-](c2c(F)c(F)c(F)c(F)c2F)(c2c(F)c(F)c(F)c(F)c2F)c2c(F)c(F)c(F)c(F)c2F)c(F)c1F. The van der Waals surface area contributed by atoms with Gasteiger partial charge in [-0.3, -0.25) is 0 Å². The lowest BCUT2D eigenvalue weighted by Gasteiger charge is -2.44. The molecule has 0 amide bonds. The van der Waals surface area contributed by atoms with Crippen LogP contribution in [0.3, 0.4) is 0 Å². The van der Waals surface area contributed by atoms with E-state index < -0.39 is 144 Å². The van der Waals surface area contributed by atoms with E-state index in [1.54, 1.807) is 0 Å². The summed E-state index contributed by atoms with van der Waals surface area (Å²) in [5.74, 6) is -71.4. The van der Waals surface area contributed by atoms with Gasteiger partial charge in [0.1, 0.15) is 52.7 Å². The Morgan fingerprint density at radius 3 is 0.847 bits per heavy atom. The van der Waals surface area contributed by atoms with Crippen molar-refractivity contribution in [2.24, 2.45) is 0 Å². The summed E-state index contributed by atoms with van der Waals surface area (Å²) in [7, 11) is 0. The van der Waals surface area contributed by atoms with Gasteiger partial charge in [-0.25, -0.2) is 92.4 Å². The Balaban J connectivity index is 0.000000395. The molecule has 0 saturated carbocycles. The van der Waals surface area contributed by atoms with Gasteiger partial charge in [0.05, 0.1) is 0 Å². The Bertz CT molecular complexity index is 2280. The molecule has 23 heteroatoms. The first-order valence-electron chi connectivity index (χ1n) is 15.5. The Kier molecular flexibility index (Phi) is 12.5. The summed E-state index contributed by atoms with van der Waals surface area (Å²) < 4.78 is 297. The number of aromatic nitrogens is 1. The third-order valence-corrected chi connectivity index (χ3v) is 9.23. The third kappa shape index (κ3) is 7.15. The highest BCUT2D eigenvalue weighted by molar-refractivity contribution is 9.10. The van der Waals surface area contributed by atoms with Crippen molar-refractivity contribution in [2.45, 2.75) is 6.54 Å². The largest absolute Gasteiger partial charge is 0.207 e. The van der Waals surface area contributed by atoms with E-state index in [1.807, 2.05) is 24.3 Å². The van der Waals surface area contributed by atoms with Crippen LogP contribution in [0, 0.1) is 116 Å². The predicted molar refractivity (Wildman–Crippen MR) is 169 cm³/mol. The Morgan fingerprint density at radius 1 is 0.339 bits per heavy atom. The molecule has 0 aliphatic rings. The molecule has 310 valence electrons. The molecule has 0 spiro atoms. The van der Waals surface area contributed by atoms with E-state index in [2.05, 4.69) is 51.1 Å². The van der Waals surface area contributed by atoms with Gasteiger partial charge in [-0.1, -0.05) is 34.1 Å². The molecule has 1 heterocycles. The summed E-state index contributed by atoms with van der Waals surface area (Å²) >= 11 is 3.47. The summed E-state index contributed by atoms with van der Waals surface area (Å²) in [4.78, 5) is 0. The minimum absolute atomic E-state index is 0.917. The number of pyridine rings is 1. The molecule has 0 fully saturated rings. The van der Waals surface area contributed by atoms with Crippen LogP contribution in [0.2, 0.25) is 0 Å². The fraction of sp³-hybridized carbons (Fsp3) is 0.0278. The average Bonchev–Trinajstić information content (AvgIpc) is 3.21. The minimum atomic E-state index is -7.22. The average molecular weight is 928 g/mol. The normalized spacial score (nSPS) is 11.5. The molecule has 0 saturated heterocycles. The Labute approximate surface area is 323 Å². The van der Waals surface area contributed by atoms with Crippen molar-refractivity contribution in [3.8, 4) is 0 Å². The van der Waals surface area contributed by atoms with Crippen LogP contribution in [0.1, 0.15) is 5.56 Å². The number of halogens is 21. The van der Waals surface area contributed by atoms with Crippen molar-refractivity contribution in [2.75, 3.05) is 0 Å². The van der Waals surface area contributed by atoms with Crippen molar-refractivity contribution >= 4 is 43.9 Å². The van der Waals surface area contributed by atoms with Crippen LogP contribution < -0.4 is 26.4 Å². The Morgan fingerprint density at radius 2 is 0.593 bits per heavy atom. The number of hydrogen-bond acceptors (Lipinski definition) is 0. The molecule has 59 heavy (non-hydrogen) atoms. The first-order chi connectivity index (χ1) is 27.5. The minimum Gasteiger partial charge on any atom is -0.207 e. The molecule has 6 aromatic rings. The molecule has 0 aliphatic carbocycles. The number of nitrogens with zero attached hydrogens (tertiary/aromatic N) is 1. The number of rotatable bonds is 6. The first-order valence-corrected chi connectivity index (χ1v) is 16.3. The van der Waals surface area contributed by atoms with Gasteiger partial charge < -0.3 is 0 Å². The molecule has 0 atom stereocenters.